The van der Waals surface area contributed by atoms with Gasteiger partial charge in [0.05, 0.1) is 7.11 Å². The fourth-order valence-corrected chi connectivity index (χ4v) is 5.05. The van der Waals surface area contributed by atoms with Crippen molar-refractivity contribution < 1.29 is 29.0 Å². The minimum Gasteiger partial charge on any atom is -0.467 e. The van der Waals surface area contributed by atoms with Crippen LogP contribution in [0.1, 0.15) is 51.4 Å². The Labute approximate surface area is 170 Å². The first kappa shape index (κ1) is 21.4. The lowest BCUT2D eigenvalue weighted by Gasteiger charge is -2.26. The molecule has 0 spiro atoms. The third-order valence-corrected chi connectivity index (χ3v) is 6.68. The zero-order valence-electron chi connectivity index (χ0n) is 16.9. The number of hydrogen-bond acceptors (Lipinski definition) is 5. The first-order valence-electron chi connectivity index (χ1n) is 10.6. The van der Waals surface area contributed by atoms with E-state index in [9.17, 15) is 24.3 Å². The van der Waals surface area contributed by atoms with Crippen molar-refractivity contribution in [3.8, 4) is 0 Å². The third-order valence-electron chi connectivity index (χ3n) is 6.68. The fraction of sp³-hybridized carbons (Fsp3) is 0.800. The first-order valence-corrected chi connectivity index (χ1v) is 10.6. The molecule has 0 aromatic rings. The molecule has 9 nitrogen and oxygen atoms in total. The average molecular weight is 409 g/mol. The molecule has 3 rings (SSSR count). The van der Waals surface area contributed by atoms with Crippen LogP contribution in [0.2, 0.25) is 0 Å². The predicted molar refractivity (Wildman–Crippen MR) is 103 cm³/mol. The van der Waals surface area contributed by atoms with Gasteiger partial charge in [-0.15, -0.1) is 0 Å². The summed E-state index contributed by atoms with van der Waals surface area (Å²) in [4.78, 5) is 49.9. The van der Waals surface area contributed by atoms with Gasteiger partial charge in [-0.2, -0.15) is 0 Å². The molecule has 0 aromatic carbocycles. The van der Waals surface area contributed by atoms with Gasteiger partial charge < -0.3 is 20.5 Å². The summed E-state index contributed by atoms with van der Waals surface area (Å²) in [7, 11) is 1.23. The highest BCUT2D eigenvalue weighted by molar-refractivity contribution is 5.90. The van der Waals surface area contributed by atoms with Crippen LogP contribution in [0.4, 0.5) is 4.79 Å². The molecule has 162 valence electrons. The molecule has 9 heteroatoms. The van der Waals surface area contributed by atoms with Crippen molar-refractivity contribution in [2.24, 2.45) is 17.8 Å². The van der Waals surface area contributed by atoms with Gasteiger partial charge in [-0.05, 0) is 31.1 Å². The van der Waals surface area contributed by atoms with Gasteiger partial charge in [-0.25, -0.2) is 9.59 Å². The molecule has 4 unspecified atom stereocenters. The number of amides is 3. The molecular formula is C20H31N3O6. The Morgan fingerprint density at radius 1 is 1.21 bits per heavy atom. The number of carbonyl (C=O) groups excluding carboxylic acids is 3. The number of nitrogens with zero attached hydrogens (tertiary/aromatic N) is 1. The minimum atomic E-state index is -1.12. The van der Waals surface area contributed by atoms with E-state index in [0.29, 0.717) is 31.8 Å². The third kappa shape index (κ3) is 5.00. The molecule has 1 saturated carbocycles. The van der Waals surface area contributed by atoms with Crippen molar-refractivity contribution in [1.29, 1.82) is 0 Å². The fourth-order valence-electron chi connectivity index (χ4n) is 5.05. The van der Waals surface area contributed by atoms with E-state index in [1.807, 2.05) is 0 Å². The van der Waals surface area contributed by atoms with Gasteiger partial charge in [0.25, 0.3) is 0 Å². The summed E-state index contributed by atoms with van der Waals surface area (Å²) in [5.74, 6) is -1.00. The molecule has 3 N–H and O–H groups in total. The Balaban J connectivity index is 1.67. The highest BCUT2D eigenvalue weighted by Gasteiger charge is 2.44. The Morgan fingerprint density at radius 2 is 1.93 bits per heavy atom. The van der Waals surface area contributed by atoms with Crippen LogP contribution in [0.3, 0.4) is 0 Å². The average Bonchev–Trinajstić information content (AvgIpc) is 3.34. The largest absolute Gasteiger partial charge is 0.467 e. The Kier molecular flexibility index (Phi) is 6.97. The highest BCUT2D eigenvalue weighted by atomic mass is 16.5. The molecule has 1 aliphatic carbocycles. The van der Waals surface area contributed by atoms with Gasteiger partial charge in [0.1, 0.15) is 12.1 Å². The van der Waals surface area contributed by atoms with Crippen molar-refractivity contribution in [3.05, 3.63) is 0 Å². The van der Waals surface area contributed by atoms with E-state index in [-0.39, 0.29) is 24.2 Å². The van der Waals surface area contributed by atoms with E-state index in [2.05, 4.69) is 10.6 Å². The van der Waals surface area contributed by atoms with Crippen molar-refractivity contribution >= 4 is 23.9 Å². The standard InChI is InChI=1S/C20H31N3O6/c1-29-19(26)15(9-13-7-8-21-17(13)24)22-18(25)16-10-14(11-23(16)20(27)28)12-5-3-2-4-6-12/h12-16H,2-11H2,1H3,(H,21,24)(H,22,25)(H,27,28). The normalized spacial score (nSPS) is 28.7. The van der Waals surface area contributed by atoms with Gasteiger partial charge in [0.2, 0.25) is 11.8 Å². The maximum absolute atomic E-state index is 13.0. The second kappa shape index (κ2) is 9.45. The number of methoxy groups -OCH3 is 1. The maximum atomic E-state index is 13.0. The summed E-state index contributed by atoms with van der Waals surface area (Å²) in [6.07, 6.45) is 5.77. The van der Waals surface area contributed by atoms with E-state index in [4.69, 9.17) is 4.74 Å². The summed E-state index contributed by atoms with van der Waals surface area (Å²) < 4.78 is 4.80. The number of esters is 1. The van der Waals surface area contributed by atoms with E-state index < -0.39 is 30.1 Å². The molecule has 2 aliphatic heterocycles. The Bertz CT molecular complexity index is 648. The molecule has 3 amide bonds. The van der Waals surface area contributed by atoms with Crippen LogP contribution in [-0.4, -0.2) is 66.2 Å². The number of nitrogens with one attached hydrogen (secondary N) is 2. The summed E-state index contributed by atoms with van der Waals surface area (Å²) in [5.41, 5.74) is 0. The molecule has 29 heavy (non-hydrogen) atoms. The number of carboxylic acid groups (broad SMARTS) is 1. The lowest BCUT2D eigenvalue weighted by Crippen LogP contribution is -2.51. The topological polar surface area (TPSA) is 125 Å². The van der Waals surface area contributed by atoms with Crippen molar-refractivity contribution in [2.45, 2.75) is 63.5 Å². The van der Waals surface area contributed by atoms with E-state index >= 15 is 0 Å². The number of carbonyl (C=O) groups is 4. The van der Waals surface area contributed by atoms with Gasteiger partial charge >= 0.3 is 12.1 Å². The van der Waals surface area contributed by atoms with Crippen LogP contribution >= 0.6 is 0 Å². The number of likely N-dealkylation sites (tertiary alicyclic amines) is 1. The Hall–Kier alpha value is -2.32. The van der Waals surface area contributed by atoms with Crippen LogP contribution in [0.5, 0.6) is 0 Å². The zero-order chi connectivity index (χ0) is 21.0. The SMILES string of the molecule is COC(=O)C(CC1CCNC1=O)NC(=O)C1CC(C2CCCCC2)CN1C(=O)O. The number of rotatable bonds is 6. The van der Waals surface area contributed by atoms with Crippen LogP contribution in [0.25, 0.3) is 0 Å². The monoisotopic (exact) mass is 409 g/mol. The van der Waals surface area contributed by atoms with Gasteiger partial charge in [0.15, 0.2) is 0 Å². The van der Waals surface area contributed by atoms with Crippen LogP contribution < -0.4 is 10.6 Å². The highest BCUT2D eigenvalue weighted by Crippen LogP contribution is 2.37. The molecule has 0 radical (unpaired) electrons. The van der Waals surface area contributed by atoms with E-state index in [1.54, 1.807) is 0 Å². The second-order valence-electron chi connectivity index (χ2n) is 8.44. The summed E-state index contributed by atoms with van der Waals surface area (Å²) in [6.45, 7) is 0.899. The second-order valence-corrected chi connectivity index (χ2v) is 8.44. The summed E-state index contributed by atoms with van der Waals surface area (Å²) >= 11 is 0. The van der Waals surface area contributed by atoms with Gasteiger partial charge in [-0.3, -0.25) is 14.5 Å². The molecule has 4 atom stereocenters. The van der Waals surface area contributed by atoms with Crippen LogP contribution in [0.15, 0.2) is 0 Å². The van der Waals surface area contributed by atoms with Gasteiger partial charge in [-0.1, -0.05) is 32.1 Å². The van der Waals surface area contributed by atoms with Crippen molar-refractivity contribution in [3.63, 3.8) is 0 Å². The first-order chi connectivity index (χ1) is 13.9. The molecule has 2 saturated heterocycles. The van der Waals surface area contributed by atoms with Gasteiger partial charge in [0, 0.05) is 19.0 Å². The summed E-state index contributed by atoms with van der Waals surface area (Å²) in [5, 5.41) is 15.0. The number of ether oxygens (including phenoxy) is 1. The van der Waals surface area contributed by atoms with Crippen molar-refractivity contribution in [1.82, 2.24) is 15.5 Å². The molecule has 0 aromatic heterocycles. The van der Waals surface area contributed by atoms with Crippen molar-refractivity contribution in [2.75, 3.05) is 20.2 Å². The quantitative estimate of drug-likeness (QED) is 0.565. The molecule has 3 fully saturated rings. The molecule has 3 aliphatic rings. The lowest BCUT2D eigenvalue weighted by atomic mass is 9.79. The molecular weight excluding hydrogens is 378 g/mol. The zero-order valence-corrected chi connectivity index (χ0v) is 16.9. The van der Waals surface area contributed by atoms with Crippen LogP contribution in [-0.2, 0) is 19.1 Å². The number of hydrogen-bond donors (Lipinski definition) is 3. The maximum Gasteiger partial charge on any atom is 0.407 e. The molecule has 2 heterocycles. The van der Waals surface area contributed by atoms with E-state index in [0.717, 1.165) is 25.7 Å². The minimum absolute atomic E-state index is 0.140. The molecule has 0 bridgehead atoms. The van der Waals surface area contributed by atoms with Crippen LogP contribution in [0, 0.1) is 17.8 Å². The van der Waals surface area contributed by atoms with E-state index in [1.165, 1.54) is 18.4 Å². The lowest BCUT2D eigenvalue weighted by molar-refractivity contribution is -0.146. The smallest absolute Gasteiger partial charge is 0.407 e. The predicted octanol–water partition coefficient (Wildman–Crippen LogP) is 1.12. The summed E-state index contributed by atoms with van der Waals surface area (Å²) in [6, 6.07) is -1.78. The Morgan fingerprint density at radius 3 is 2.52 bits per heavy atom.